The van der Waals surface area contributed by atoms with Gasteiger partial charge in [-0.15, -0.1) is 0 Å². The molecule has 0 spiro atoms. The summed E-state index contributed by atoms with van der Waals surface area (Å²) in [5, 5.41) is 3.36. The molecule has 4 nitrogen and oxygen atoms in total. The maximum absolute atomic E-state index is 12.9. The normalized spacial score (nSPS) is 14.8. The molecule has 0 unspecified atom stereocenters. The first-order valence-corrected chi connectivity index (χ1v) is 8.30. The highest BCUT2D eigenvalue weighted by Crippen LogP contribution is 2.18. The first-order chi connectivity index (χ1) is 11.2. The van der Waals surface area contributed by atoms with Crippen LogP contribution in [0.4, 0.5) is 16.2 Å². The third kappa shape index (κ3) is 4.41. The lowest BCUT2D eigenvalue weighted by Crippen LogP contribution is -2.31. The van der Waals surface area contributed by atoms with E-state index in [0.717, 1.165) is 49.1 Å². The minimum Gasteiger partial charge on any atom is -0.370 e. The highest BCUT2D eigenvalue weighted by molar-refractivity contribution is 5.44. The fraction of sp³-hybridized carbons (Fsp3) is 0.444. The second-order valence-electron chi connectivity index (χ2n) is 6.05. The summed E-state index contributed by atoms with van der Waals surface area (Å²) in [4.78, 5) is 11.5. The van der Waals surface area contributed by atoms with Gasteiger partial charge in [-0.25, -0.2) is 9.37 Å². The molecular weight excluding hydrogens is 291 g/mol. The van der Waals surface area contributed by atoms with Gasteiger partial charge >= 0.3 is 0 Å². The Hall–Kier alpha value is -2.17. The Labute approximate surface area is 136 Å². The van der Waals surface area contributed by atoms with E-state index in [9.17, 15) is 4.39 Å². The van der Waals surface area contributed by atoms with Gasteiger partial charge in [0.05, 0.1) is 0 Å². The molecule has 0 bridgehead atoms. The van der Waals surface area contributed by atoms with Crippen LogP contribution >= 0.6 is 0 Å². The predicted octanol–water partition coefficient (Wildman–Crippen LogP) is 3.57. The van der Waals surface area contributed by atoms with E-state index >= 15 is 0 Å². The molecule has 0 aliphatic carbocycles. The van der Waals surface area contributed by atoms with Crippen LogP contribution in [0.15, 0.2) is 30.3 Å². The molecule has 0 radical (unpaired) electrons. The molecule has 1 saturated heterocycles. The standard InChI is InChI=1S/C18H23FN4/c1-14-13-17(20-10-9-15-5-7-16(19)8-6-15)22-18(21-14)23-11-3-2-4-12-23/h5-8,13H,2-4,9-12H2,1H3,(H,20,21,22). The van der Waals surface area contributed by atoms with Crippen molar-refractivity contribution in [3.8, 4) is 0 Å². The lowest BCUT2D eigenvalue weighted by atomic mass is 10.1. The topological polar surface area (TPSA) is 41.1 Å². The number of nitrogens with zero attached hydrogens (tertiary/aromatic N) is 3. The lowest BCUT2D eigenvalue weighted by molar-refractivity contribution is 0.568. The Bertz CT molecular complexity index is 636. The number of hydrogen-bond donors (Lipinski definition) is 1. The third-order valence-corrected chi connectivity index (χ3v) is 4.11. The molecule has 2 aromatic rings. The summed E-state index contributed by atoms with van der Waals surface area (Å²) in [5.74, 6) is 1.49. The molecule has 1 aromatic carbocycles. The van der Waals surface area contributed by atoms with Crippen molar-refractivity contribution in [1.29, 1.82) is 0 Å². The summed E-state index contributed by atoms with van der Waals surface area (Å²) in [6.07, 6.45) is 4.56. The van der Waals surface area contributed by atoms with Gasteiger partial charge < -0.3 is 10.2 Å². The third-order valence-electron chi connectivity index (χ3n) is 4.11. The Morgan fingerprint density at radius 2 is 1.83 bits per heavy atom. The van der Waals surface area contributed by atoms with Gasteiger partial charge in [-0.3, -0.25) is 0 Å². The fourth-order valence-electron chi connectivity index (χ4n) is 2.86. The van der Waals surface area contributed by atoms with Crippen LogP contribution in [0.3, 0.4) is 0 Å². The second-order valence-corrected chi connectivity index (χ2v) is 6.05. The SMILES string of the molecule is Cc1cc(NCCc2ccc(F)cc2)nc(N2CCCCC2)n1. The Morgan fingerprint density at radius 1 is 1.09 bits per heavy atom. The van der Waals surface area contributed by atoms with Crippen LogP contribution in [0.1, 0.15) is 30.5 Å². The van der Waals surface area contributed by atoms with Gasteiger partial charge in [-0.05, 0) is 50.3 Å². The number of nitrogens with one attached hydrogen (secondary N) is 1. The molecule has 122 valence electrons. The molecule has 0 saturated carbocycles. The van der Waals surface area contributed by atoms with Crippen molar-refractivity contribution >= 4 is 11.8 Å². The summed E-state index contributed by atoms with van der Waals surface area (Å²) in [7, 11) is 0. The number of piperidine rings is 1. The van der Waals surface area contributed by atoms with Gasteiger partial charge in [0.15, 0.2) is 0 Å². The number of anilines is 2. The van der Waals surface area contributed by atoms with Crippen LogP contribution in [0.2, 0.25) is 0 Å². The van der Waals surface area contributed by atoms with Crippen molar-refractivity contribution in [2.45, 2.75) is 32.6 Å². The zero-order chi connectivity index (χ0) is 16.1. The van der Waals surface area contributed by atoms with Crippen molar-refractivity contribution in [2.24, 2.45) is 0 Å². The zero-order valence-electron chi connectivity index (χ0n) is 13.6. The quantitative estimate of drug-likeness (QED) is 0.916. The number of aryl methyl sites for hydroxylation is 1. The molecule has 1 fully saturated rings. The highest BCUT2D eigenvalue weighted by Gasteiger charge is 2.14. The van der Waals surface area contributed by atoms with Crippen LogP contribution in [-0.2, 0) is 6.42 Å². The maximum Gasteiger partial charge on any atom is 0.227 e. The number of rotatable bonds is 5. The molecule has 3 rings (SSSR count). The molecule has 0 atom stereocenters. The van der Waals surface area contributed by atoms with Crippen molar-refractivity contribution < 1.29 is 4.39 Å². The van der Waals surface area contributed by atoms with Crippen LogP contribution < -0.4 is 10.2 Å². The van der Waals surface area contributed by atoms with Crippen molar-refractivity contribution in [3.05, 3.63) is 47.4 Å². The minimum atomic E-state index is -0.195. The molecule has 0 amide bonds. The Balaban J connectivity index is 1.60. The first-order valence-electron chi connectivity index (χ1n) is 8.30. The molecule has 1 aromatic heterocycles. The Morgan fingerprint density at radius 3 is 2.57 bits per heavy atom. The summed E-state index contributed by atoms with van der Waals surface area (Å²) < 4.78 is 12.9. The van der Waals surface area contributed by atoms with Crippen LogP contribution in [0.5, 0.6) is 0 Å². The first kappa shape index (κ1) is 15.7. The molecule has 23 heavy (non-hydrogen) atoms. The fourth-order valence-corrected chi connectivity index (χ4v) is 2.86. The van der Waals surface area contributed by atoms with E-state index in [4.69, 9.17) is 0 Å². The average molecular weight is 314 g/mol. The van der Waals surface area contributed by atoms with E-state index in [0.29, 0.717) is 0 Å². The number of benzene rings is 1. The lowest BCUT2D eigenvalue weighted by Gasteiger charge is -2.27. The van der Waals surface area contributed by atoms with Crippen molar-refractivity contribution in [3.63, 3.8) is 0 Å². The van der Waals surface area contributed by atoms with Crippen molar-refractivity contribution in [2.75, 3.05) is 29.9 Å². The van der Waals surface area contributed by atoms with E-state index in [-0.39, 0.29) is 5.82 Å². The maximum atomic E-state index is 12.9. The number of hydrogen-bond acceptors (Lipinski definition) is 4. The van der Waals surface area contributed by atoms with E-state index in [1.807, 2.05) is 25.1 Å². The van der Waals surface area contributed by atoms with E-state index in [2.05, 4.69) is 20.2 Å². The largest absolute Gasteiger partial charge is 0.370 e. The highest BCUT2D eigenvalue weighted by atomic mass is 19.1. The van der Waals surface area contributed by atoms with E-state index < -0.39 is 0 Å². The summed E-state index contributed by atoms with van der Waals surface area (Å²) >= 11 is 0. The van der Waals surface area contributed by atoms with Gasteiger partial charge in [0.1, 0.15) is 11.6 Å². The van der Waals surface area contributed by atoms with Crippen molar-refractivity contribution in [1.82, 2.24) is 9.97 Å². The van der Waals surface area contributed by atoms with Gasteiger partial charge in [0.25, 0.3) is 0 Å². The monoisotopic (exact) mass is 314 g/mol. The predicted molar refractivity (Wildman–Crippen MR) is 91.4 cm³/mol. The van der Waals surface area contributed by atoms with Gasteiger partial charge in [0.2, 0.25) is 5.95 Å². The Kier molecular flexibility index (Phi) is 5.05. The minimum absolute atomic E-state index is 0.195. The summed E-state index contributed by atoms with van der Waals surface area (Å²) in [5.41, 5.74) is 2.09. The smallest absolute Gasteiger partial charge is 0.227 e. The average Bonchev–Trinajstić information content (AvgIpc) is 2.57. The molecule has 1 aliphatic heterocycles. The van der Waals surface area contributed by atoms with Crippen LogP contribution in [-0.4, -0.2) is 29.6 Å². The molecule has 1 aliphatic rings. The van der Waals surface area contributed by atoms with E-state index in [1.54, 1.807) is 0 Å². The van der Waals surface area contributed by atoms with Crippen LogP contribution in [0, 0.1) is 12.7 Å². The summed E-state index contributed by atoms with van der Waals surface area (Å²) in [6, 6.07) is 8.61. The van der Waals surface area contributed by atoms with E-state index in [1.165, 1.54) is 31.4 Å². The molecule has 5 heteroatoms. The molecule has 2 heterocycles. The van der Waals surface area contributed by atoms with Gasteiger partial charge in [-0.1, -0.05) is 12.1 Å². The van der Waals surface area contributed by atoms with Crippen LogP contribution in [0.25, 0.3) is 0 Å². The second kappa shape index (κ2) is 7.40. The number of halogens is 1. The molecular formula is C18H23FN4. The number of aromatic nitrogens is 2. The summed E-state index contributed by atoms with van der Waals surface area (Å²) in [6.45, 7) is 4.85. The molecule has 1 N–H and O–H groups in total. The van der Waals surface area contributed by atoms with Gasteiger partial charge in [0, 0.05) is 31.4 Å². The zero-order valence-corrected chi connectivity index (χ0v) is 13.6. The van der Waals surface area contributed by atoms with Gasteiger partial charge in [-0.2, -0.15) is 4.98 Å².